The van der Waals surface area contributed by atoms with E-state index in [0.717, 1.165) is 10.0 Å². The lowest BCUT2D eigenvalue weighted by atomic mass is 9.94. The normalized spacial score (nSPS) is 17.9. The van der Waals surface area contributed by atoms with Gasteiger partial charge in [-0.1, -0.05) is 51.8 Å². The summed E-state index contributed by atoms with van der Waals surface area (Å²) in [4.78, 5) is 27.3. The van der Waals surface area contributed by atoms with Gasteiger partial charge in [0.25, 0.3) is 11.7 Å². The molecule has 0 aliphatic carbocycles. The summed E-state index contributed by atoms with van der Waals surface area (Å²) >= 11 is 9.36. The van der Waals surface area contributed by atoms with Crippen molar-refractivity contribution in [1.82, 2.24) is 0 Å². The Kier molecular flexibility index (Phi) is 5.69. The molecule has 1 aliphatic heterocycles. The molecule has 0 saturated carbocycles. The molecule has 3 aromatic carbocycles. The second-order valence-corrected chi connectivity index (χ2v) is 8.42. The van der Waals surface area contributed by atoms with Crippen molar-refractivity contribution in [1.29, 1.82) is 0 Å². The second kappa shape index (κ2) is 8.29. The van der Waals surface area contributed by atoms with E-state index >= 15 is 0 Å². The van der Waals surface area contributed by atoms with E-state index in [2.05, 4.69) is 15.9 Å². The molecule has 1 N–H and O–H groups in total. The molecule has 0 aromatic heterocycles. The molecule has 1 atom stereocenters. The van der Waals surface area contributed by atoms with Gasteiger partial charge in [0.1, 0.15) is 11.6 Å². The van der Waals surface area contributed by atoms with Gasteiger partial charge in [-0.05, 0) is 55.0 Å². The first-order valence-electron chi connectivity index (χ1n) is 9.37. The molecule has 3 aromatic rings. The van der Waals surface area contributed by atoms with Crippen molar-refractivity contribution in [2.24, 2.45) is 0 Å². The van der Waals surface area contributed by atoms with Gasteiger partial charge in [0.05, 0.1) is 11.6 Å². The van der Waals surface area contributed by atoms with Gasteiger partial charge in [0.15, 0.2) is 0 Å². The van der Waals surface area contributed by atoms with Gasteiger partial charge in [0.2, 0.25) is 0 Å². The fourth-order valence-electron chi connectivity index (χ4n) is 3.58. The Hall–Kier alpha value is -2.96. The molecule has 0 spiro atoms. The van der Waals surface area contributed by atoms with Crippen LogP contribution in [0.15, 0.2) is 76.8 Å². The largest absolute Gasteiger partial charge is 0.507 e. The van der Waals surface area contributed by atoms with Gasteiger partial charge in [-0.3, -0.25) is 14.5 Å². The molecule has 1 aliphatic rings. The highest BCUT2D eigenvalue weighted by Gasteiger charge is 2.47. The number of anilines is 1. The van der Waals surface area contributed by atoms with E-state index in [9.17, 15) is 19.1 Å². The van der Waals surface area contributed by atoms with E-state index in [-0.39, 0.29) is 11.1 Å². The lowest BCUT2D eigenvalue weighted by molar-refractivity contribution is -0.132. The third-order valence-corrected chi connectivity index (χ3v) is 6.30. The van der Waals surface area contributed by atoms with Crippen molar-refractivity contribution < 1.29 is 19.1 Å². The number of aryl methyl sites for hydroxylation is 1. The number of hydrogen-bond donors (Lipinski definition) is 1. The fourth-order valence-corrected chi connectivity index (χ4v) is 4.08. The molecule has 7 heteroatoms. The van der Waals surface area contributed by atoms with Crippen LogP contribution < -0.4 is 4.90 Å². The Balaban J connectivity index is 1.98. The van der Waals surface area contributed by atoms with Gasteiger partial charge in [0, 0.05) is 26.3 Å². The SMILES string of the molecule is Cc1ccc(N2C(=O)C(=O)/C(=C(/O)c3ccc(Cl)cc3)C2c2ccccc2F)cc1Br. The second-order valence-electron chi connectivity index (χ2n) is 7.13. The van der Waals surface area contributed by atoms with Crippen molar-refractivity contribution in [3.8, 4) is 0 Å². The average molecular weight is 501 g/mol. The molecule has 0 radical (unpaired) electrons. The number of aliphatic hydroxyl groups is 1. The Labute approximate surface area is 191 Å². The van der Waals surface area contributed by atoms with Crippen LogP contribution in [0.5, 0.6) is 0 Å². The Morgan fingerprint density at radius 2 is 1.74 bits per heavy atom. The lowest BCUT2D eigenvalue weighted by Gasteiger charge is -2.26. The smallest absolute Gasteiger partial charge is 0.300 e. The molecule has 1 fully saturated rings. The highest BCUT2D eigenvalue weighted by molar-refractivity contribution is 9.10. The van der Waals surface area contributed by atoms with E-state index in [0.29, 0.717) is 16.3 Å². The number of rotatable bonds is 3. The Bertz CT molecular complexity index is 1240. The first-order chi connectivity index (χ1) is 14.8. The molecule has 4 rings (SSSR count). The van der Waals surface area contributed by atoms with E-state index in [1.54, 1.807) is 36.4 Å². The Morgan fingerprint density at radius 3 is 2.39 bits per heavy atom. The van der Waals surface area contributed by atoms with Crippen molar-refractivity contribution in [3.63, 3.8) is 0 Å². The predicted octanol–water partition coefficient (Wildman–Crippen LogP) is 6.18. The van der Waals surface area contributed by atoms with Crippen molar-refractivity contribution >= 4 is 50.7 Å². The third-order valence-electron chi connectivity index (χ3n) is 5.20. The van der Waals surface area contributed by atoms with Crippen molar-refractivity contribution in [2.75, 3.05) is 4.90 Å². The van der Waals surface area contributed by atoms with Crippen LogP contribution in [0.2, 0.25) is 5.02 Å². The minimum Gasteiger partial charge on any atom is -0.507 e. The lowest BCUT2D eigenvalue weighted by Crippen LogP contribution is -2.29. The highest BCUT2D eigenvalue weighted by atomic mass is 79.9. The van der Waals surface area contributed by atoms with Crippen LogP contribution >= 0.6 is 27.5 Å². The maximum Gasteiger partial charge on any atom is 0.300 e. The third kappa shape index (κ3) is 3.77. The highest BCUT2D eigenvalue weighted by Crippen LogP contribution is 2.43. The van der Waals surface area contributed by atoms with Crippen molar-refractivity contribution in [3.05, 3.63) is 104 Å². The minimum absolute atomic E-state index is 0.105. The molecule has 1 unspecified atom stereocenters. The van der Waals surface area contributed by atoms with Crippen LogP contribution in [0.4, 0.5) is 10.1 Å². The van der Waals surface area contributed by atoms with E-state index in [1.807, 2.05) is 6.92 Å². The summed E-state index contributed by atoms with van der Waals surface area (Å²) in [5.41, 5.74) is 1.56. The minimum atomic E-state index is -1.13. The number of hydrogen-bond acceptors (Lipinski definition) is 3. The van der Waals surface area contributed by atoms with E-state index in [4.69, 9.17) is 11.6 Å². The summed E-state index contributed by atoms with van der Waals surface area (Å²) in [7, 11) is 0. The summed E-state index contributed by atoms with van der Waals surface area (Å²) in [6.07, 6.45) is 0. The maximum absolute atomic E-state index is 14.8. The standard InChI is InChI=1S/C24H16BrClFNO3/c1-13-6-11-16(12-18(13)25)28-21(17-4-2-3-5-19(17)27)20(23(30)24(28)31)22(29)14-7-9-15(26)10-8-14/h2-12,21,29H,1H3/b22-20+. The number of ketones is 1. The molecule has 0 bridgehead atoms. The molecule has 1 heterocycles. The van der Waals surface area contributed by atoms with Gasteiger partial charge in [-0.15, -0.1) is 0 Å². The molecule has 156 valence electrons. The number of aliphatic hydroxyl groups excluding tert-OH is 1. The van der Waals surface area contributed by atoms with Gasteiger partial charge < -0.3 is 5.11 Å². The zero-order chi connectivity index (χ0) is 22.3. The number of carbonyl (C=O) groups excluding carboxylic acids is 2. The van der Waals surface area contributed by atoms with Crippen LogP contribution in [-0.2, 0) is 9.59 Å². The molecular formula is C24H16BrClFNO3. The van der Waals surface area contributed by atoms with Crippen LogP contribution in [0.3, 0.4) is 0 Å². The predicted molar refractivity (Wildman–Crippen MR) is 122 cm³/mol. The average Bonchev–Trinajstić information content (AvgIpc) is 3.01. The number of amides is 1. The molecule has 1 saturated heterocycles. The summed E-state index contributed by atoms with van der Waals surface area (Å²) in [5.74, 6) is -2.72. The monoisotopic (exact) mass is 499 g/mol. The summed E-state index contributed by atoms with van der Waals surface area (Å²) in [6.45, 7) is 1.89. The van der Waals surface area contributed by atoms with Crippen LogP contribution in [-0.4, -0.2) is 16.8 Å². The first kappa shape index (κ1) is 21.3. The quantitative estimate of drug-likeness (QED) is 0.266. The summed E-state index contributed by atoms with van der Waals surface area (Å²) in [6, 6.07) is 16.1. The summed E-state index contributed by atoms with van der Waals surface area (Å²) < 4.78 is 15.6. The maximum atomic E-state index is 14.8. The summed E-state index contributed by atoms with van der Waals surface area (Å²) in [5, 5.41) is 11.4. The zero-order valence-electron chi connectivity index (χ0n) is 16.3. The molecule has 4 nitrogen and oxygen atoms in total. The van der Waals surface area contributed by atoms with E-state index in [1.165, 1.54) is 35.2 Å². The number of benzene rings is 3. The van der Waals surface area contributed by atoms with Crippen LogP contribution in [0.1, 0.15) is 22.7 Å². The number of nitrogens with zero attached hydrogens (tertiary/aromatic N) is 1. The van der Waals surface area contributed by atoms with E-state index < -0.39 is 29.3 Å². The number of carbonyl (C=O) groups is 2. The number of halogens is 3. The van der Waals surface area contributed by atoms with Crippen LogP contribution in [0, 0.1) is 12.7 Å². The fraction of sp³-hybridized carbons (Fsp3) is 0.0833. The molecule has 1 amide bonds. The molecular weight excluding hydrogens is 485 g/mol. The van der Waals surface area contributed by atoms with Gasteiger partial charge in [-0.25, -0.2) is 4.39 Å². The Morgan fingerprint density at radius 1 is 1.06 bits per heavy atom. The topological polar surface area (TPSA) is 57.6 Å². The van der Waals surface area contributed by atoms with Gasteiger partial charge >= 0.3 is 0 Å². The number of Topliss-reactive ketones (excluding diaryl/α,β-unsaturated/α-hetero) is 1. The van der Waals surface area contributed by atoms with Gasteiger partial charge in [-0.2, -0.15) is 0 Å². The zero-order valence-corrected chi connectivity index (χ0v) is 18.6. The van der Waals surface area contributed by atoms with Crippen LogP contribution in [0.25, 0.3) is 5.76 Å². The first-order valence-corrected chi connectivity index (χ1v) is 10.5. The van der Waals surface area contributed by atoms with Crippen molar-refractivity contribution in [2.45, 2.75) is 13.0 Å². The molecule has 31 heavy (non-hydrogen) atoms.